The maximum Gasteiger partial charge on any atom is 0.352 e. The summed E-state index contributed by atoms with van der Waals surface area (Å²) < 4.78 is 17.0. The largest absolute Gasteiger partial charge is 0.504 e. The summed E-state index contributed by atoms with van der Waals surface area (Å²) in [6.07, 6.45) is 1.24. The Morgan fingerprint density at radius 3 is 2.73 bits per heavy atom. The molecule has 1 fully saturated rings. The molecular formula is C23H29ClN2O7. The standard InChI is InChI=1S/C23H28N2O7.ClH/c1-11(24)20(27)30-12(2)21(28)31-15-6-7-23(29)16-10-13-4-5-14(26)18-17(13)22(23,19(15)32-18)8-9-25(16)3;/h4-6,11-12,16,19,26,29H,7-10,24H2,1-3H3;1H/t11-,12?,16+,19-,22-,23+;/m0./s1. The minimum absolute atomic E-state index is 0. The maximum absolute atomic E-state index is 12.7. The van der Waals surface area contributed by atoms with Gasteiger partial charge in [-0.3, -0.25) is 4.79 Å². The monoisotopic (exact) mass is 480 g/mol. The average Bonchev–Trinajstić information content (AvgIpc) is 3.10. The third-order valence-corrected chi connectivity index (χ3v) is 7.57. The van der Waals surface area contributed by atoms with Crippen molar-refractivity contribution in [1.82, 2.24) is 4.90 Å². The number of hydrogen-bond donors (Lipinski definition) is 3. The lowest BCUT2D eigenvalue weighted by atomic mass is 9.50. The maximum atomic E-state index is 12.7. The molecule has 1 aromatic rings. The number of piperidine rings is 1. The van der Waals surface area contributed by atoms with E-state index >= 15 is 0 Å². The van der Waals surface area contributed by atoms with E-state index in [0.717, 1.165) is 17.7 Å². The molecule has 0 radical (unpaired) electrons. The first-order chi connectivity index (χ1) is 15.1. The molecule has 0 saturated carbocycles. The summed E-state index contributed by atoms with van der Waals surface area (Å²) >= 11 is 0. The molecule has 180 valence electrons. The Labute approximate surface area is 197 Å². The molecule has 1 aromatic carbocycles. The van der Waals surface area contributed by atoms with Crippen LogP contribution in [0.2, 0.25) is 0 Å². The van der Waals surface area contributed by atoms with Crippen LogP contribution in [0, 0.1) is 0 Å². The molecule has 10 heteroatoms. The van der Waals surface area contributed by atoms with Gasteiger partial charge in [-0.1, -0.05) is 6.07 Å². The van der Waals surface area contributed by atoms with Gasteiger partial charge in [0.1, 0.15) is 11.8 Å². The van der Waals surface area contributed by atoms with Gasteiger partial charge in [-0.15, -0.1) is 12.4 Å². The van der Waals surface area contributed by atoms with Gasteiger partial charge in [0.15, 0.2) is 23.7 Å². The van der Waals surface area contributed by atoms with E-state index in [0.29, 0.717) is 18.6 Å². The van der Waals surface area contributed by atoms with Crippen molar-refractivity contribution >= 4 is 24.3 Å². The molecule has 2 bridgehead atoms. The smallest absolute Gasteiger partial charge is 0.352 e. The molecule has 2 aliphatic heterocycles. The highest BCUT2D eigenvalue weighted by Crippen LogP contribution is 2.65. The molecule has 5 rings (SSSR count). The van der Waals surface area contributed by atoms with Crippen molar-refractivity contribution in [2.45, 2.75) is 68.4 Å². The summed E-state index contributed by atoms with van der Waals surface area (Å²) in [5.41, 5.74) is 5.35. The highest BCUT2D eigenvalue weighted by molar-refractivity contribution is 5.85. The third-order valence-electron chi connectivity index (χ3n) is 7.57. The Balaban J connectivity index is 0.00000259. The highest BCUT2D eigenvalue weighted by atomic mass is 35.5. The fourth-order valence-electron chi connectivity index (χ4n) is 5.97. The average molecular weight is 481 g/mol. The number of benzene rings is 1. The van der Waals surface area contributed by atoms with E-state index in [-0.39, 0.29) is 36.4 Å². The zero-order chi connectivity index (χ0) is 23.0. The number of aromatic hydroxyl groups is 1. The van der Waals surface area contributed by atoms with E-state index in [4.69, 9.17) is 19.9 Å². The van der Waals surface area contributed by atoms with Gasteiger partial charge in [-0.2, -0.15) is 0 Å². The molecular weight excluding hydrogens is 452 g/mol. The number of carbonyl (C=O) groups is 2. The molecule has 0 amide bonds. The van der Waals surface area contributed by atoms with Gasteiger partial charge in [0.05, 0.1) is 11.0 Å². The van der Waals surface area contributed by atoms with Crippen molar-refractivity contribution in [1.29, 1.82) is 0 Å². The van der Waals surface area contributed by atoms with Gasteiger partial charge in [0, 0.05) is 18.0 Å². The molecule has 33 heavy (non-hydrogen) atoms. The Morgan fingerprint density at radius 1 is 1.30 bits per heavy atom. The van der Waals surface area contributed by atoms with Crippen molar-refractivity contribution in [3.8, 4) is 11.5 Å². The SMILES string of the molecule is CC(OC(=O)[C@H](C)N)C(=O)OC1=CC[C@@]2(O)[C@H]3Cc4ccc(O)c5c4[C@@]2(CCN3C)[C@H]1O5.Cl. The number of likely N-dealkylation sites (tertiary alicyclic amines) is 1. The highest BCUT2D eigenvalue weighted by Gasteiger charge is 2.72. The lowest BCUT2D eigenvalue weighted by Crippen LogP contribution is -2.74. The number of halogens is 1. The molecule has 4 N–H and O–H groups in total. The van der Waals surface area contributed by atoms with E-state index in [2.05, 4.69) is 4.90 Å². The predicted octanol–water partition coefficient (Wildman–Crippen LogP) is 0.914. The third kappa shape index (κ3) is 3.10. The zero-order valence-corrected chi connectivity index (χ0v) is 19.6. The fourth-order valence-corrected chi connectivity index (χ4v) is 5.97. The number of nitrogens with zero attached hydrogens (tertiary/aromatic N) is 1. The number of phenolic OH excluding ortho intramolecular Hbond substituents is 1. The second-order valence-electron chi connectivity index (χ2n) is 9.39. The van der Waals surface area contributed by atoms with Crippen LogP contribution in [0.25, 0.3) is 0 Å². The first kappa shape index (κ1) is 23.8. The van der Waals surface area contributed by atoms with Crippen molar-refractivity contribution in [3.05, 3.63) is 35.1 Å². The van der Waals surface area contributed by atoms with Crippen LogP contribution in [0.1, 0.15) is 37.8 Å². The number of likely N-dealkylation sites (N-methyl/N-ethyl adjacent to an activating group) is 1. The number of phenols is 1. The fraction of sp³-hybridized carbons (Fsp3) is 0.565. The molecule has 1 saturated heterocycles. The van der Waals surface area contributed by atoms with Crippen LogP contribution in [-0.2, 0) is 30.9 Å². The van der Waals surface area contributed by atoms with Gasteiger partial charge in [0.2, 0.25) is 0 Å². The molecule has 1 unspecified atom stereocenters. The van der Waals surface area contributed by atoms with Gasteiger partial charge in [-0.25, -0.2) is 4.79 Å². The summed E-state index contributed by atoms with van der Waals surface area (Å²) in [5.74, 6) is -0.859. The topological polar surface area (TPSA) is 132 Å². The summed E-state index contributed by atoms with van der Waals surface area (Å²) in [7, 11) is 2.00. The van der Waals surface area contributed by atoms with Crippen LogP contribution in [0.5, 0.6) is 11.5 Å². The second kappa shape index (κ2) is 7.87. The summed E-state index contributed by atoms with van der Waals surface area (Å²) in [5, 5.41) is 22.6. The Bertz CT molecular complexity index is 1040. The normalized spacial score (nSPS) is 32.9. The van der Waals surface area contributed by atoms with Crippen LogP contribution in [0.3, 0.4) is 0 Å². The predicted molar refractivity (Wildman–Crippen MR) is 119 cm³/mol. The van der Waals surface area contributed by atoms with Gasteiger partial charge < -0.3 is 35.1 Å². The summed E-state index contributed by atoms with van der Waals surface area (Å²) in [6, 6.07) is 2.49. The number of nitrogens with two attached hydrogens (primary N) is 1. The van der Waals surface area contributed by atoms with Crippen LogP contribution < -0.4 is 10.5 Å². The molecule has 4 aliphatic rings. The number of hydrogen-bond acceptors (Lipinski definition) is 9. The van der Waals surface area contributed by atoms with Crippen LogP contribution in [0.15, 0.2) is 24.0 Å². The lowest BCUT2D eigenvalue weighted by molar-refractivity contribution is -0.175. The van der Waals surface area contributed by atoms with Crippen molar-refractivity contribution in [3.63, 3.8) is 0 Å². The van der Waals surface area contributed by atoms with Crippen molar-refractivity contribution in [2.75, 3.05) is 13.6 Å². The molecule has 2 aliphatic carbocycles. The Kier molecular flexibility index (Phi) is 5.68. The summed E-state index contributed by atoms with van der Waals surface area (Å²) in [4.78, 5) is 26.6. The van der Waals surface area contributed by atoms with E-state index < -0.39 is 41.2 Å². The first-order valence-corrected chi connectivity index (χ1v) is 10.9. The minimum Gasteiger partial charge on any atom is -0.504 e. The molecule has 1 spiro atoms. The second-order valence-corrected chi connectivity index (χ2v) is 9.39. The Hall–Kier alpha value is -2.33. The number of carbonyl (C=O) groups excluding carboxylic acids is 2. The molecule has 6 atom stereocenters. The van der Waals surface area contributed by atoms with Gasteiger partial charge >= 0.3 is 11.9 Å². The van der Waals surface area contributed by atoms with Crippen LogP contribution >= 0.6 is 12.4 Å². The minimum atomic E-state index is -1.16. The molecule has 2 heterocycles. The lowest BCUT2D eigenvalue weighted by Gasteiger charge is -2.61. The van der Waals surface area contributed by atoms with Gasteiger partial charge in [-0.05, 0) is 58.0 Å². The summed E-state index contributed by atoms with van der Waals surface area (Å²) in [6.45, 7) is 3.61. The van der Waals surface area contributed by atoms with E-state index in [1.807, 2.05) is 13.1 Å². The first-order valence-electron chi connectivity index (χ1n) is 10.9. The van der Waals surface area contributed by atoms with Gasteiger partial charge in [0.25, 0.3) is 0 Å². The van der Waals surface area contributed by atoms with Crippen molar-refractivity contribution in [2.24, 2.45) is 5.73 Å². The Morgan fingerprint density at radius 2 is 2.03 bits per heavy atom. The number of ether oxygens (including phenoxy) is 3. The van der Waals surface area contributed by atoms with E-state index in [9.17, 15) is 19.8 Å². The van der Waals surface area contributed by atoms with E-state index in [1.54, 1.807) is 12.1 Å². The van der Waals surface area contributed by atoms with Crippen LogP contribution in [0.4, 0.5) is 0 Å². The number of esters is 2. The quantitative estimate of drug-likeness (QED) is 0.538. The number of rotatable bonds is 4. The zero-order valence-electron chi connectivity index (χ0n) is 18.7. The number of aliphatic hydroxyl groups is 1. The van der Waals surface area contributed by atoms with Crippen LogP contribution in [-0.4, -0.2) is 70.5 Å². The van der Waals surface area contributed by atoms with E-state index in [1.165, 1.54) is 13.8 Å². The molecule has 0 aromatic heterocycles. The van der Waals surface area contributed by atoms with Crippen molar-refractivity contribution < 1.29 is 34.0 Å². The molecule has 9 nitrogen and oxygen atoms in total.